The highest BCUT2D eigenvalue weighted by molar-refractivity contribution is 5.94. The molecule has 2 aliphatic rings. The zero-order valence-corrected chi connectivity index (χ0v) is 16.3. The van der Waals surface area contributed by atoms with Crippen LogP contribution < -0.4 is 15.4 Å². The van der Waals surface area contributed by atoms with E-state index in [1.54, 1.807) is 12.3 Å². The van der Waals surface area contributed by atoms with Crippen molar-refractivity contribution < 1.29 is 19.0 Å². The summed E-state index contributed by atoms with van der Waals surface area (Å²) in [5.41, 5.74) is 6.32. The summed E-state index contributed by atoms with van der Waals surface area (Å²) in [7, 11) is 0. The van der Waals surface area contributed by atoms with Crippen LogP contribution in [0.4, 0.5) is 10.2 Å². The van der Waals surface area contributed by atoms with Gasteiger partial charge in [-0.25, -0.2) is 23.7 Å². The first kappa shape index (κ1) is 18.7. The van der Waals surface area contributed by atoms with E-state index in [4.69, 9.17) is 10.5 Å². The number of aromatic carboxylic acids is 1. The molecule has 3 aromatic rings. The van der Waals surface area contributed by atoms with E-state index in [9.17, 15) is 14.3 Å². The maximum Gasteiger partial charge on any atom is 0.341 e. The molecular formula is C20H21FN6O3. The van der Waals surface area contributed by atoms with Gasteiger partial charge in [0.25, 0.3) is 0 Å². The number of fused-ring (bicyclic) bond motifs is 2. The van der Waals surface area contributed by atoms with Crippen molar-refractivity contribution in [2.75, 3.05) is 18.1 Å². The molecule has 0 aromatic carbocycles. The van der Waals surface area contributed by atoms with Gasteiger partial charge in [0.05, 0.1) is 17.9 Å². The Hall–Kier alpha value is -3.27. The van der Waals surface area contributed by atoms with Gasteiger partial charge in [0.2, 0.25) is 5.88 Å². The number of pyridine rings is 1. The number of ether oxygens (including phenoxy) is 1. The Bertz CT molecular complexity index is 1150. The molecule has 0 spiro atoms. The number of nitrogens with two attached hydrogens (primary N) is 1. The number of nitrogens with zero attached hydrogens (tertiary/aromatic N) is 5. The van der Waals surface area contributed by atoms with E-state index in [0.717, 1.165) is 19.0 Å². The predicted octanol–water partition coefficient (Wildman–Crippen LogP) is 1.81. The van der Waals surface area contributed by atoms with Crippen LogP contribution in [0.3, 0.4) is 0 Å². The van der Waals surface area contributed by atoms with E-state index in [2.05, 4.69) is 20.0 Å². The molecule has 0 radical (unpaired) electrons. The number of piperidine rings is 1. The monoisotopic (exact) mass is 412 g/mol. The lowest BCUT2D eigenvalue weighted by Crippen LogP contribution is -2.34. The molecule has 3 N–H and O–H groups in total. The minimum atomic E-state index is -1.09. The van der Waals surface area contributed by atoms with Gasteiger partial charge in [0, 0.05) is 24.3 Å². The lowest BCUT2D eigenvalue weighted by atomic mass is 10.0. The fourth-order valence-corrected chi connectivity index (χ4v) is 4.49. The van der Waals surface area contributed by atoms with E-state index in [0.29, 0.717) is 29.7 Å². The van der Waals surface area contributed by atoms with Gasteiger partial charge in [-0.1, -0.05) is 0 Å². The molecule has 0 amide bonds. The van der Waals surface area contributed by atoms with Gasteiger partial charge < -0.3 is 20.5 Å². The Morgan fingerprint density at radius 1 is 1.50 bits per heavy atom. The van der Waals surface area contributed by atoms with Crippen molar-refractivity contribution in [3.05, 3.63) is 47.7 Å². The van der Waals surface area contributed by atoms with Crippen LogP contribution >= 0.6 is 0 Å². The van der Waals surface area contributed by atoms with Crippen LogP contribution in [0.5, 0.6) is 5.88 Å². The van der Waals surface area contributed by atoms with Crippen LogP contribution in [-0.2, 0) is 5.54 Å². The zero-order valence-electron chi connectivity index (χ0n) is 16.3. The number of carbonyl (C=O) groups is 1. The van der Waals surface area contributed by atoms with Gasteiger partial charge in [-0.05, 0) is 37.8 Å². The Morgan fingerprint density at radius 2 is 2.33 bits per heavy atom. The second-order valence-corrected chi connectivity index (χ2v) is 7.98. The molecule has 0 bridgehead atoms. The second kappa shape index (κ2) is 6.63. The van der Waals surface area contributed by atoms with Crippen LogP contribution in [-0.4, -0.2) is 49.9 Å². The smallest absolute Gasteiger partial charge is 0.341 e. The van der Waals surface area contributed by atoms with Crippen molar-refractivity contribution in [1.82, 2.24) is 19.6 Å². The molecule has 2 unspecified atom stereocenters. The van der Waals surface area contributed by atoms with E-state index in [-0.39, 0.29) is 23.9 Å². The van der Waals surface area contributed by atoms with E-state index in [1.807, 2.05) is 6.92 Å². The maximum atomic E-state index is 14.2. The number of anilines is 1. The molecule has 2 fully saturated rings. The predicted molar refractivity (Wildman–Crippen MR) is 105 cm³/mol. The highest BCUT2D eigenvalue weighted by Crippen LogP contribution is 2.64. The molecule has 3 atom stereocenters. The molecular weight excluding hydrogens is 391 g/mol. The normalized spacial score (nSPS) is 23.4. The van der Waals surface area contributed by atoms with Gasteiger partial charge in [0.15, 0.2) is 5.65 Å². The van der Waals surface area contributed by atoms with E-state index in [1.165, 1.54) is 16.8 Å². The van der Waals surface area contributed by atoms with Crippen molar-refractivity contribution in [3.63, 3.8) is 0 Å². The highest BCUT2D eigenvalue weighted by atomic mass is 19.1. The molecule has 1 aliphatic carbocycles. The van der Waals surface area contributed by atoms with E-state index >= 15 is 0 Å². The lowest BCUT2D eigenvalue weighted by Gasteiger charge is -2.31. The molecule has 1 aliphatic heterocycles. The van der Waals surface area contributed by atoms with Crippen molar-refractivity contribution in [1.29, 1.82) is 0 Å². The molecule has 10 heteroatoms. The first-order valence-electron chi connectivity index (χ1n) is 9.80. The molecule has 3 aromatic heterocycles. The van der Waals surface area contributed by atoms with Gasteiger partial charge in [-0.3, -0.25) is 0 Å². The fraction of sp³-hybridized carbons (Fsp3) is 0.400. The van der Waals surface area contributed by atoms with Crippen molar-refractivity contribution in [2.24, 2.45) is 11.7 Å². The van der Waals surface area contributed by atoms with Gasteiger partial charge in [-0.15, -0.1) is 0 Å². The second-order valence-electron chi connectivity index (χ2n) is 7.98. The summed E-state index contributed by atoms with van der Waals surface area (Å²) in [5.74, 6) is -0.207. The summed E-state index contributed by atoms with van der Waals surface area (Å²) in [4.78, 5) is 22.4. The Morgan fingerprint density at radius 3 is 3.07 bits per heavy atom. The van der Waals surface area contributed by atoms with Gasteiger partial charge in [-0.2, -0.15) is 5.10 Å². The van der Waals surface area contributed by atoms with Crippen LogP contribution in [0, 0.1) is 11.7 Å². The molecule has 1 saturated carbocycles. The molecule has 4 heterocycles. The molecule has 30 heavy (non-hydrogen) atoms. The lowest BCUT2D eigenvalue weighted by molar-refractivity contribution is 0.0698. The molecule has 156 valence electrons. The van der Waals surface area contributed by atoms with Gasteiger partial charge in [0.1, 0.15) is 23.8 Å². The summed E-state index contributed by atoms with van der Waals surface area (Å²) in [6.07, 6.45) is 5.85. The number of rotatable bonds is 6. The molecule has 1 saturated heterocycles. The summed E-state index contributed by atoms with van der Waals surface area (Å²) in [6.45, 7) is 2.82. The largest absolute Gasteiger partial charge is 0.477 e. The number of carboxylic acid groups (broad SMARTS) is 1. The quantitative estimate of drug-likeness (QED) is 0.629. The first-order chi connectivity index (χ1) is 14.4. The summed E-state index contributed by atoms with van der Waals surface area (Å²) in [6, 6.07) is 3.09. The standard InChI is InChI=1S/C20H21FN6O3/c1-11(22)10-30-18-15(6-13(21)8-23-18)20-7-12(20)2-4-26(20)16-3-5-27-17(25-16)14(9-24-27)19(28)29/h3,5-6,8-9,11-12H,2,4,7,10,22H2,1H3,(H,28,29)/t11-,12?,20?/m1/s1. The number of carboxylic acids is 1. The van der Waals surface area contributed by atoms with Crippen molar-refractivity contribution in [3.8, 4) is 5.88 Å². The van der Waals surface area contributed by atoms with E-state index < -0.39 is 17.3 Å². The third-order valence-electron chi connectivity index (χ3n) is 5.88. The fourth-order valence-electron chi connectivity index (χ4n) is 4.49. The maximum absolute atomic E-state index is 14.2. The van der Waals surface area contributed by atoms with Crippen LogP contribution in [0.15, 0.2) is 30.7 Å². The zero-order chi connectivity index (χ0) is 21.0. The Balaban J connectivity index is 1.58. The molecule has 9 nitrogen and oxygen atoms in total. The number of aromatic nitrogens is 4. The summed E-state index contributed by atoms with van der Waals surface area (Å²) in [5, 5.41) is 13.4. The topological polar surface area (TPSA) is 119 Å². The Kier molecular flexibility index (Phi) is 4.14. The number of hydrogen-bond acceptors (Lipinski definition) is 7. The summed E-state index contributed by atoms with van der Waals surface area (Å²) >= 11 is 0. The molecule has 5 rings (SSSR count). The van der Waals surface area contributed by atoms with Crippen LogP contribution in [0.25, 0.3) is 5.65 Å². The van der Waals surface area contributed by atoms with Crippen LogP contribution in [0.2, 0.25) is 0 Å². The van der Waals surface area contributed by atoms with Crippen LogP contribution in [0.1, 0.15) is 35.7 Å². The minimum absolute atomic E-state index is 0.0332. The third-order valence-corrected chi connectivity index (χ3v) is 5.88. The van der Waals surface area contributed by atoms with Gasteiger partial charge >= 0.3 is 5.97 Å². The average molecular weight is 412 g/mol. The summed E-state index contributed by atoms with van der Waals surface area (Å²) < 4.78 is 21.4. The minimum Gasteiger partial charge on any atom is -0.477 e. The van der Waals surface area contributed by atoms with Crippen molar-refractivity contribution >= 4 is 17.4 Å². The highest BCUT2D eigenvalue weighted by Gasteiger charge is 2.65. The number of halogens is 1. The number of hydrogen-bond donors (Lipinski definition) is 2. The first-order valence-corrected chi connectivity index (χ1v) is 9.80. The average Bonchev–Trinajstić information content (AvgIpc) is 3.09. The van der Waals surface area contributed by atoms with Crippen molar-refractivity contribution in [2.45, 2.75) is 31.3 Å². The SMILES string of the molecule is C[C@@H](N)COc1ncc(F)cc1C12CC1CCN2c1ccn2ncc(C(=O)O)c2n1. The third kappa shape index (κ3) is 2.78. The Labute approximate surface area is 171 Å².